The number of ether oxygens (including phenoxy) is 4. The molecule has 1 atom stereocenters. The lowest BCUT2D eigenvalue weighted by molar-refractivity contribution is -0.145. The van der Waals surface area contributed by atoms with E-state index >= 15 is 0 Å². The summed E-state index contributed by atoms with van der Waals surface area (Å²) in [7, 11) is 0. The van der Waals surface area contributed by atoms with Crippen LogP contribution in [-0.2, 0) is 33.3 Å². The van der Waals surface area contributed by atoms with Crippen molar-refractivity contribution in [3.63, 3.8) is 0 Å². The maximum absolute atomic E-state index is 12.2. The standard InChI is InChI=1S/C47H78N8O11/c1-37(27-35-66-42(59)22-14-7-5-9-17-29-50-47(62)55-45-51-38(2)36-40(57)53-45)24-25-43(60)65-34-21-12-6-11-20-33-64-41(58)23-15-13-19-32-63-31-18-10-4-3-8-16-28-49-46(61)54-44-48-30-26-39(56)52-44/h26,30,36-37H,3-25,27-29,31-35H2,1-2H3,(H3,48,49,52,54,56,61)(H3,50,51,53,55,57,62). The number of anilines is 2. The highest BCUT2D eigenvalue weighted by Gasteiger charge is 2.11. The van der Waals surface area contributed by atoms with Crippen molar-refractivity contribution in [1.82, 2.24) is 30.6 Å². The fraction of sp³-hybridized carbons (Fsp3) is 0.723. The first-order chi connectivity index (χ1) is 32.0. The van der Waals surface area contributed by atoms with Gasteiger partial charge in [-0.05, 0) is 77.0 Å². The summed E-state index contributed by atoms with van der Waals surface area (Å²) in [4.78, 5) is 95.6. The van der Waals surface area contributed by atoms with Gasteiger partial charge < -0.3 is 29.6 Å². The largest absolute Gasteiger partial charge is 0.466 e. The van der Waals surface area contributed by atoms with E-state index in [9.17, 15) is 33.6 Å². The Bertz CT molecular complexity index is 1770. The highest BCUT2D eigenvalue weighted by Crippen LogP contribution is 2.13. The van der Waals surface area contributed by atoms with Crippen molar-refractivity contribution in [2.45, 2.75) is 168 Å². The molecular formula is C47H78N8O11. The Morgan fingerprint density at radius 1 is 0.545 bits per heavy atom. The minimum Gasteiger partial charge on any atom is -0.466 e. The van der Waals surface area contributed by atoms with Gasteiger partial charge in [-0.1, -0.05) is 77.6 Å². The number of carbonyl (C=O) groups excluding carboxylic acids is 5. The number of aryl methyl sites for hydroxylation is 1. The third-order valence-corrected chi connectivity index (χ3v) is 10.5. The molecular weight excluding hydrogens is 853 g/mol. The highest BCUT2D eigenvalue weighted by molar-refractivity contribution is 5.87. The second kappa shape index (κ2) is 37.8. The number of carbonyl (C=O) groups is 5. The van der Waals surface area contributed by atoms with E-state index in [1.807, 2.05) is 6.92 Å². The fourth-order valence-electron chi connectivity index (χ4n) is 6.70. The molecule has 19 nitrogen and oxygen atoms in total. The summed E-state index contributed by atoms with van der Waals surface area (Å²) < 4.78 is 21.9. The van der Waals surface area contributed by atoms with Crippen LogP contribution in [-0.4, -0.2) is 96.0 Å². The van der Waals surface area contributed by atoms with E-state index in [-0.39, 0.29) is 46.8 Å². The molecule has 0 saturated carbocycles. The molecule has 2 aromatic rings. The van der Waals surface area contributed by atoms with Crippen molar-refractivity contribution in [3.05, 3.63) is 44.7 Å². The van der Waals surface area contributed by atoms with Gasteiger partial charge in [0.25, 0.3) is 11.1 Å². The molecule has 0 aliphatic heterocycles. The normalized spacial score (nSPS) is 11.4. The first-order valence-electron chi connectivity index (χ1n) is 24.3. The van der Waals surface area contributed by atoms with Crippen molar-refractivity contribution in [2.75, 3.05) is 56.8 Å². The number of unbranched alkanes of at least 4 members (excludes halogenated alkanes) is 15. The molecule has 372 valence electrons. The summed E-state index contributed by atoms with van der Waals surface area (Å²) in [5.74, 6) is -0.100. The molecule has 0 aromatic carbocycles. The van der Waals surface area contributed by atoms with Gasteiger partial charge >= 0.3 is 30.0 Å². The van der Waals surface area contributed by atoms with Gasteiger partial charge in [-0.3, -0.25) is 44.6 Å². The molecule has 0 bridgehead atoms. The number of urea groups is 2. The first-order valence-corrected chi connectivity index (χ1v) is 24.3. The van der Waals surface area contributed by atoms with Gasteiger partial charge in [-0.15, -0.1) is 0 Å². The zero-order valence-corrected chi connectivity index (χ0v) is 39.6. The third kappa shape index (κ3) is 33.2. The average Bonchev–Trinajstić information content (AvgIpc) is 3.26. The van der Waals surface area contributed by atoms with Crippen LogP contribution in [0.2, 0.25) is 0 Å². The van der Waals surface area contributed by atoms with Gasteiger partial charge in [0, 0.05) is 69.6 Å². The number of hydrogen-bond acceptors (Lipinski definition) is 13. The minimum absolute atomic E-state index is 0.108. The van der Waals surface area contributed by atoms with Gasteiger partial charge in [0.2, 0.25) is 11.9 Å². The molecule has 0 spiro atoms. The fourth-order valence-corrected chi connectivity index (χ4v) is 6.70. The Hall–Kier alpha value is -5.33. The molecule has 2 rings (SSSR count). The smallest absolute Gasteiger partial charge is 0.321 e. The number of esters is 3. The van der Waals surface area contributed by atoms with E-state index in [4.69, 9.17) is 18.9 Å². The molecule has 4 amide bonds. The second-order valence-electron chi connectivity index (χ2n) is 16.7. The van der Waals surface area contributed by atoms with E-state index in [1.165, 1.54) is 18.3 Å². The van der Waals surface area contributed by atoms with E-state index < -0.39 is 12.1 Å². The Kier molecular flexibility index (Phi) is 32.6. The summed E-state index contributed by atoms with van der Waals surface area (Å²) in [5, 5.41) is 10.5. The van der Waals surface area contributed by atoms with Crippen molar-refractivity contribution in [1.29, 1.82) is 0 Å². The quantitative estimate of drug-likeness (QED) is 0.0213. The lowest BCUT2D eigenvalue weighted by atomic mass is 10.0. The summed E-state index contributed by atoms with van der Waals surface area (Å²) in [6, 6.07) is 1.80. The van der Waals surface area contributed by atoms with E-state index in [2.05, 4.69) is 41.2 Å². The summed E-state index contributed by atoms with van der Waals surface area (Å²) in [6.07, 6.45) is 21.6. The topological polar surface area (TPSA) is 262 Å². The van der Waals surface area contributed by atoms with Crippen molar-refractivity contribution >= 4 is 41.9 Å². The molecule has 66 heavy (non-hydrogen) atoms. The predicted molar refractivity (Wildman–Crippen MR) is 252 cm³/mol. The van der Waals surface area contributed by atoms with Crippen LogP contribution in [0.3, 0.4) is 0 Å². The number of nitrogens with one attached hydrogen (secondary N) is 6. The highest BCUT2D eigenvalue weighted by atomic mass is 16.5. The maximum atomic E-state index is 12.2. The van der Waals surface area contributed by atoms with Crippen molar-refractivity contribution in [3.8, 4) is 0 Å². The zero-order valence-electron chi connectivity index (χ0n) is 39.6. The van der Waals surface area contributed by atoms with Gasteiger partial charge in [0.05, 0.1) is 19.8 Å². The number of hydrogen-bond donors (Lipinski definition) is 6. The summed E-state index contributed by atoms with van der Waals surface area (Å²) in [5.41, 5.74) is -0.137. The van der Waals surface area contributed by atoms with Crippen LogP contribution in [0.25, 0.3) is 0 Å². The van der Waals surface area contributed by atoms with Gasteiger partial charge in [0.15, 0.2) is 0 Å². The van der Waals surface area contributed by atoms with E-state index in [1.54, 1.807) is 6.92 Å². The van der Waals surface area contributed by atoms with Crippen LogP contribution in [0.1, 0.15) is 167 Å². The van der Waals surface area contributed by atoms with Gasteiger partial charge in [-0.25, -0.2) is 19.6 Å². The average molecular weight is 931 g/mol. The van der Waals surface area contributed by atoms with E-state index in [0.29, 0.717) is 77.3 Å². The molecule has 0 aliphatic carbocycles. The Labute approximate surface area is 389 Å². The Balaban J connectivity index is 1.25. The molecule has 6 N–H and O–H groups in total. The molecule has 2 heterocycles. The molecule has 1 unspecified atom stereocenters. The molecule has 0 aliphatic rings. The number of rotatable bonds is 39. The predicted octanol–water partition coefficient (Wildman–Crippen LogP) is 7.75. The molecule has 0 saturated heterocycles. The zero-order chi connectivity index (χ0) is 47.9. The molecule has 2 aromatic heterocycles. The molecule has 19 heteroatoms. The SMILES string of the molecule is Cc1cc(=O)[nH]c(NC(=O)NCCCCCCCC(=O)OCCC(C)CCC(=O)OCCCCCCCOC(=O)CCCCCOCCCCCCCCNC(=O)Nc2nccc(=O)[nH]2)n1. The number of H-pyrrole nitrogens is 2. The minimum atomic E-state index is -0.429. The summed E-state index contributed by atoms with van der Waals surface area (Å²) >= 11 is 0. The van der Waals surface area contributed by atoms with Crippen molar-refractivity contribution < 1.29 is 42.9 Å². The molecule has 0 fully saturated rings. The summed E-state index contributed by atoms with van der Waals surface area (Å²) in [6.45, 7) is 7.38. The van der Waals surface area contributed by atoms with Crippen molar-refractivity contribution in [2.24, 2.45) is 5.92 Å². The van der Waals surface area contributed by atoms with Gasteiger partial charge in [0.1, 0.15) is 0 Å². The maximum Gasteiger partial charge on any atom is 0.321 e. The van der Waals surface area contributed by atoms with Crippen LogP contribution >= 0.6 is 0 Å². The lowest BCUT2D eigenvalue weighted by Crippen LogP contribution is -2.31. The lowest BCUT2D eigenvalue weighted by Gasteiger charge is -2.12. The van der Waals surface area contributed by atoms with Crippen LogP contribution < -0.4 is 32.4 Å². The van der Waals surface area contributed by atoms with Crippen LogP contribution in [0, 0.1) is 12.8 Å². The molecule has 0 radical (unpaired) electrons. The Morgan fingerprint density at radius 3 is 1.56 bits per heavy atom. The number of aromatic amines is 2. The van der Waals surface area contributed by atoms with E-state index in [0.717, 1.165) is 129 Å². The number of amides is 4. The van der Waals surface area contributed by atoms with Crippen LogP contribution in [0.5, 0.6) is 0 Å². The van der Waals surface area contributed by atoms with Gasteiger partial charge in [-0.2, -0.15) is 0 Å². The monoisotopic (exact) mass is 931 g/mol. The number of nitrogens with zero attached hydrogens (tertiary/aromatic N) is 2. The van der Waals surface area contributed by atoms with Crippen LogP contribution in [0.15, 0.2) is 27.9 Å². The number of aromatic nitrogens is 4. The first kappa shape index (κ1) is 56.8. The third-order valence-electron chi connectivity index (χ3n) is 10.5. The van der Waals surface area contributed by atoms with Crippen LogP contribution in [0.4, 0.5) is 21.5 Å². The Morgan fingerprint density at radius 2 is 1.00 bits per heavy atom. The second-order valence-corrected chi connectivity index (χ2v) is 16.7.